The third kappa shape index (κ3) is 4.58. The summed E-state index contributed by atoms with van der Waals surface area (Å²) < 4.78 is 16.2. The molecule has 18 heavy (non-hydrogen) atoms. The minimum atomic E-state index is -0.797. The molecule has 0 aromatic carbocycles. The molecule has 0 aliphatic carbocycles. The number of ether oxygens (including phenoxy) is 1. The molecule has 1 aliphatic heterocycles. The Morgan fingerprint density at radius 2 is 2.33 bits per heavy atom. The van der Waals surface area contributed by atoms with E-state index in [1.54, 1.807) is 18.7 Å². The van der Waals surface area contributed by atoms with Gasteiger partial charge in [-0.2, -0.15) is 0 Å². The second-order valence-corrected chi connectivity index (χ2v) is 4.94. The van der Waals surface area contributed by atoms with E-state index in [1.807, 2.05) is 32.1 Å². The zero-order valence-electron chi connectivity index (χ0n) is 11.1. The van der Waals surface area contributed by atoms with Crippen molar-refractivity contribution in [2.45, 2.75) is 26.4 Å². The first-order valence-electron chi connectivity index (χ1n) is 6.06. The molecule has 1 N–H and O–H groups in total. The number of hydrogen-bond acceptors (Lipinski definition) is 4. The van der Waals surface area contributed by atoms with Gasteiger partial charge in [0, 0.05) is 46.8 Å². The first-order valence-corrected chi connectivity index (χ1v) is 7.44. The van der Waals surface area contributed by atoms with E-state index in [0.717, 1.165) is 12.1 Å². The lowest BCUT2D eigenvalue weighted by atomic mass is 10.2. The van der Waals surface area contributed by atoms with Crippen LogP contribution in [0.1, 0.15) is 19.4 Å². The van der Waals surface area contributed by atoms with Crippen molar-refractivity contribution >= 4 is 10.8 Å². The van der Waals surface area contributed by atoms with Gasteiger partial charge in [-0.3, -0.25) is 4.21 Å². The maximum atomic E-state index is 11.1. The number of pyridine rings is 1. The zero-order chi connectivity index (χ0) is 13.4. The number of methoxy groups -OCH3 is 1. The molecule has 4 nitrogen and oxygen atoms in total. The first kappa shape index (κ1) is 14.9. The van der Waals surface area contributed by atoms with E-state index in [2.05, 4.69) is 10.3 Å². The molecule has 2 heterocycles. The molecule has 1 aromatic rings. The van der Waals surface area contributed by atoms with Crippen molar-refractivity contribution < 1.29 is 8.95 Å². The summed E-state index contributed by atoms with van der Waals surface area (Å²) in [6.07, 6.45) is 3.67. The molecule has 0 spiro atoms. The van der Waals surface area contributed by atoms with Crippen LogP contribution < -0.4 is 10.1 Å². The maximum Gasteiger partial charge on any atom is 0.213 e. The van der Waals surface area contributed by atoms with Gasteiger partial charge in [-0.05, 0) is 11.6 Å². The average Bonchev–Trinajstić information content (AvgIpc) is 2.85. The third-order valence-corrected chi connectivity index (χ3v) is 3.53. The highest BCUT2D eigenvalue weighted by Crippen LogP contribution is 2.09. The molecular formula is C13H20N2O2S. The van der Waals surface area contributed by atoms with Crippen LogP contribution in [0.4, 0.5) is 0 Å². The second kappa shape index (κ2) is 8.00. The van der Waals surface area contributed by atoms with Gasteiger partial charge < -0.3 is 10.1 Å². The number of nitrogens with zero attached hydrogens (tertiary/aromatic N) is 1. The smallest absolute Gasteiger partial charge is 0.213 e. The van der Waals surface area contributed by atoms with Gasteiger partial charge in [0.15, 0.2) is 0 Å². The summed E-state index contributed by atoms with van der Waals surface area (Å²) in [7, 11) is 0.803. The van der Waals surface area contributed by atoms with Gasteiger partial charge >= 0.3 is 0 Å². The molecule has 0 fully saturated rings. The van der Waals surface area contributed by atoms with Crippen LogP contribution in [-0.4, -0.2) is 28.1 Å². The van der Waals surface area contributed by atoms with Crippen LogP contribution in [-0.2, 0) is 17.3 Å². The molecule has 0 saturated heterocycles. The number of hydrogen-bond donors (Lipinski definition) is 1. The highest BCUT2D eigenvalue weighted by atomic mass is 32.2. The topological polar surface area (TPSA) is 51.2 Å². The lowest BCUT2D eigenvalue weighted by Gasteiger charge is -2.10. The van der Waals surface area contributed by atoms with Gasteiger partial charge in [0.2, 0.25) is 5.88 Å². The maximum absolute atomic E-state index is 11.1. The third-order valence-electron chi connectivity index (χ3n) is 2.38. The van der Waals surface area contributed by atoms with Gasteiger partial charge in [0.05, 0.1) is 7.11 Å². The van der Waals surface area contributed by atoms with Crippen LogP contribution in [0.2, 0.25) is 0 Å². The fourth-order valence-corrected chi connectivity index (χ4v) is 2.58. The van der Waals surface area contributed by atoms with Crippen LogP contribution in [0.25, 0.3) is 0 Å². The highest BCUT2D eigenvalue weighted by Gasteiger charge is 2.13. The van der Waals surface area contributed by atoms with Crippen molar-refractivity contribution in [3.63, 3.8) is 0 Å². The Balaban J connectivity index is 0.000000771. The van der Waals surface area contributed by atoms with E-state index >= 15 is 0 Å². The number of aromatic nitrogens is 1. The van der Waals surface area contributed by atoms with Crippen LogP contribution >= 0.6 is 0 Å². The molecular weight excluding hydrogens is 248 g/mol. The predicted molar refractivity (Wildman–Crippen MR) is 74.9 cm³/mol. The average molecular weight is 268 g/mol. The standard InChI is InChI=1S/C11H14N2O2S.C2H6/c1-15-11-6-9(2-4-12-11)7-13-10-3-5-16(14)8-10;1-2/h2-6,10,13H,7-8H2,1H3;1-2H3. The summed E-state index contributed by atoms with van der Waals surface area (Å²) in [5.41, 5.74) is 1.11. The Hall–Kier alpha value is -1.20. The zero-order valence-corrected chi connectivity index (χ0v) is 11.9. The Morgan fingerprint density at radius 1 is 1.56 bits per heavy atom. The van der Waals surface area contributed by atoms with Crippen LogP contribution in [0.5, 0.6) is 5.88 Å². The summed E-state index contributed by atoms with van der Waals surface area (Å²) in [5.74, 6) is 1.28. The van der Waals surface area contributed by atoms with Crippen molar-refractivity contribution in [2.75, 3.05) is 12.9 Å². The quantitative estimate of drug-likeness (QED) is 0.905. The first-order chi connectivity index (χ1) is 8.78. The highest BCUT2D eigenvalue weighted by molar-refractivity contribution is 7.88. The van der Waals surface area contributed by atoms with Crippen LogP contribution in [0.15, 0.2) is 29.8 Å². The lowest BCUT2D eigenvalue weighted by Crippen LogP contribution is -2.28. The van der Waals surface area contributed by atoms with E-state index in [0.29, 0.717) is 11.6 Å². The molecule has 0 amide bonds. The summed E-state index contributed by atoms with van der Waals surface area (Å²) in [5, 5.41) is 5.06. The van der Waals surface area contributed by atoms with Crippen LogP contribution in [0, 0.1) is 0 Å². The molecule has 0 bridgehead atoms. The fourth-order valence-electron chi connectivity index (χ4n) is 1.52. The summed E-state index contributed by atoms with van der Waals surface area (Å²) in [4.78, 5) is 4.04. The number of rotatable bonds is 4. The van der Waals surface area contributed by atoms with E-state index in [4.69, 9.17) is 4.74 Å². The Morgan fingerprint density at radius 3 is 2.94 bits per heavy atom. The Kier molecular flexibility index (Phi) is 6.60. The van der Waals surface area contributed by atoms with E-state index in [1.165, 1.54) is 0 Å². The molecule has 5 heteroatoms. The monoisotopic (exact) mass is 268 g/mol. The summed E-state index contributed by atoms with van der Waals surface area (Å²) in [6, 6.07) is 4.04. The Labute approximate surface area is 111 Å². The Bertz CT molecular complexity index is 421. The summed E-state index contributed by atoms with van der Waals surface area (Å²) in [6.45, 7) is 4.73. The predicted octanol–water partition coefficient (Wildman–Crippen LogP) is 1.85. The lowest BCUT2D eigenvalue weighted by molar-refractivity contribution is 0.397. The van der Waals surface area contributed by atoms with E-state index in [-0.39, 0.29) is 6.04 Å². The number of nitrogens with one attached hydrogen (secondary N) is 1. The molecule has 0 radical (unpaired) electrons. The van der Waals surface area contributed by atoms with Crippen molar-refractivity contribution in [3.8, 4) is 5.88 Å². The van der Waals surface area contributed by atoms with E-state index in [9.17, 15) is 4.21 Å². The molecule has 2 atom stereocenters. The SMILES string of the molecule is CC.COc1cc(CNC2C=CS(=O)C2)ccn1. The van der Waals surface area contributed by atoms with Gasteiger partial charge in [0.25, 0.3) is 0 Å². The van der Waals surface area contributed by atoms with Crippen molar-refractivity contribution in [1.82, 2.24) is 10.3 Å². The normalized spacial score (nSPS) is 21.3. The molecule has 0 saturated carbocycles. The minimum Gasteiger partial charge on any atom is -0.481 e. The minimum absolute atomic E-state index is 0.208. The molecule has 100 valence electrons. The molecule has 1 aromatic heterocycles. The molecule has 1 aliphatic rings. The van der Waals surface area contributed by atoms with Gasteiger partial charge in [-0.15, -0.1) is 0 Å². The van der Waals surface area contributed by atoms with Gasteiger partial charge in [-0.25, -0.2) is 4.98 Å². The molecule has 2 rings (SSSR count). The van der Waals surface area contributed by atoms with Gasteiger partial charge in [0.1, 0.15) is 0 Å². The summed E-state index contributed by atoms with van der Waals surface area (Å²) >= 11 is 0. The second-order valence-electron chi connectivity index (χ2n) is 3.57. The van der Waals surface area contributed by atoms with Crippen LogP contribution in [0.3, 0.4) is 0 Å². The van der Waals surface area contributed by atoms with Gasteiger partial charge in [-0.1, -0.05) is 19.9 Å². The van der Waals surface area contributed by atoms with Crippen molar-refractivity contribution in [2.24, 2.45) is 0 Å². The molecule has 2 unspecified atom stereocenters. The van der Waals surface area contributed by atoms with Crippen molar-refractivity contribution in [3.05, 3.63) is 35.4 Å². The van der Waals surface area contributed by atoms with Crippen molar-refractivity contribution in [1.29, 1.82) is 0 Å². The van der Waals surface area contributed by atoms with E-state index < -0.39 is 10.8 Å². The largest absolute Gasteiger partial charge is 0.481 e. The fraction of sp³-hybridized carbons (Fsp3) is 0.462.